The van der Waals surface area contributed by atoms with Crippen LogP contribution in [0.3, 0.4) is 0 Å². The zero-order valence-corrected chi connectivity index (χ0v) is 14.7. The Bertz CT molecular complexity index is 434. The van der Waals surface area contributed by atoms with E-state index in [-0.39, 0.29) is 12.3 Å². The third-order valence-electron chi connectivity index (χ3n) is 4.35. The van der Waals surface area contributed by atoms with Crippen molar-refractivity contribution in [3.63, 3.8) is 0 Å². The van der Waals surface area contributed by atoms with Gasteiger partial charge in [-0.2, -0.15) is 0 Å². The van der Waals surface area contributed by atoms with Crippen LogP contribution in [0, 0.1) is 17.8 Å². The second kappa shape index (κ2) is 8.89. The minimum atomic E-state index is -1.31. The molecule has 0 unspecified atom stereocenters. The van der Waals surface area contributed by atoms with E-state index in [2.05, 4.69) is 5.32 Å². The topological polar surface area (TPSA) is 113 Å². The Kier molecular flexibility index (Phi) is 7.51. The minimum Gasteiger partial charge on any atom is -0.481 e. The van der Waals surface area contributed by atoms with Crippen molar-refractivity contribution in [2.75, 3.05) is 6.54 Å². The molecule has 7 nitrogen and oxygen atoms in total. The zero-order chi connectivity index (χ0) is 18.3. The number of carbonyl (C=O) groups is 3. The first kappa shape index (κ1) is 20.3. The summed E-state index contributed by atoms with van der Waals surface area (Å²) in [4.78, 5) is 33.5. The van der Waals surface area contributed by atoms with Gasteiger partial charge in [-0.15, -0.1) is 0 Å². The molecule has 1 aliphatic rings. The van der Waals surface area contributed by atoms with Crippen molar-refractivity contribution < 1.29 is 29.3 Å². The fraction of sp³-hybridized carbons (Fsp3) is 0.824. The smallest absolute Gasteiger partial charge is 0.407 e. The van der Waals surface area contributed by atoms with Gasteiger partial charge in [0.1, 0.15) is 5.60 Å². The molecule has 1 aliphatic carbocycles. The summed E-state index contributed by atoms with van der Waals surface area (Å²) in [5.74, 6) is -3.20. The molecule has 0 aromatic heterocycles. The number of alkyl carbamates (subject to hydrolysis) is 1. The Morgan fingerprint density at radius 3 is 2.00 bits per heavy atom. The van der Waals surface area contributed by atoms with E-state index >= 15 is 0 Å². The number of hydrogen-bond donors (Lipinski definition) is 3. The van der Waals surface area contributed by atoms with Gasteiger partial charge in [-0.1, -0.05) is 25.7 Å². The first-order chi connectivity index (χ1) is 11.1. The number of carboxylic acid groups (broad SMARTS) is 2. The lowest BCUT2D eigenvalue weighted by molar-refractivity contribution is -0.155. The van der Waals surface area contributed by atoms with Crippen LogP contribution in [0.2, 0.25) is 0 Å². The summed E-state index contributed by atoms with van der Waals surface area (Å²) in [5.41, 5.74) is -0.507. The number of aliphatic carboxylic acids is 2. The maximum absolute atomic E-state index is 11.6. The van der Waals surface area contributed by atoms with Crippen molar-refractivity contribution in [1.82, 2.24) is 5.32 Å². The summed E-state index contributed by atoms with van der Waals surface area (Å²) >= 11 is 0. The molecule has 0 heterocycles. The van der Waals surface area contributed by atoms with Crippen molar-refractivity contribution in [3.8, 4) is 0 Å². The van der Waals surface area contributed by atoms with Gasteiger partial charge in [0.2, 0.25) is 0 Å². The maximum atomic E-state index is 11.6. The van der Waals surface area contributed by atoms with Gasteiger partial charge in [-0.05, 0) is 45.4 Å². The normalized spacial score (nSPS) is 21.3. The van der Waals surface area contributed by atoms with Gasteiger partial charge in [-0.3, -0.25) is 9.59 Å². The Balaban J connectivity index is 2.25. The molecule has 0 spiro atoms. The maximum Gasteiger partial charge on any atom is 0.407 e. The number of carbonyl (C=O) groups excluding carboxylic acids is 1. The highest BCUT2D eigenvalue weighted by atomic mass is 16.6. The summed E-state index contributed by atoms with van der Waals surface area (Å²) in [6.07, 6.45) is 4.20. The first-order valence-corrected chi connectivity index (χ1v) is 8.51. The molecule has 138 valence electrons. The van der Waals surface area contributed by atoms with Crippen LogP contribution in [0.4, 0.5) is 4.79 Å². The number of hydrogen-bond acceptors (Lipinski definition) is 4. The Morgan fingerprint density at radius 2 is 1.54 bits per heavy atom. The number of amides is 1. The molecule has 0 bridgehead atoms. The summed E-state index contributed by atoms with van der Waals surface area (Å²) < 4.78 is 5.17. The molecule has 0 atom stereocenters. The molecule has 0 aromatic rings. The lowest BCUT2D eigenvalue weighted by atomic mass is 9.77. The van der Waals surface area contributed by atoms with Gasteiger partial charge >= 0.3 is 18.0 Å². The van der Waals surface area contributed by atoms with Gasteiger partial charge in [-0.25, -0.2) is 4.79 Å². The van der Waals surface area contributed by atoms with Crippen LogP contribution < -0.4 is 5.32 Å². The van der Waals surface area contributed by atoms with Gasteiger partial charge in [0.15, 0.2) is 5.92 Å². The predicted molar refractivity (Wildman–Crippen MR) is 87.7 cm³/mol. The third-order valence-corrected chi connectivity index (χ3v) is 4.35. The number of rotatable bonds is 7. The van der Waals surface area contributed by atoms with E-state index in [9.17, 15) is 14.4 Å². The average Bonchev–Trinajstić information content (AvgIpc) is 2.43. The number of carboxylic acids is 2. The van der Waals surface area contributed by atoms with Crippen molar-refractivity contribution in [2.45, 2.75) is 64.9 Å². The van der Waals surface area contributed by atoms with Gasteiger partial charge in [0.25, 0.3) is 0 Å². The third kappa shape index (κ3) is 7.66. The molecule has 0 aromatic carbocycles. The summed E-state index contributed by atoms with van der Waals surface area (Å²) in [5, 5.41) is 20.6. The monoisotopic (exact) mass is 343 g/mol. The van der Waals surface area contributed by atoms with E-state index in [1.165, 1.54) is 0 Å². The van der Waals surface area contributed by atoms with Crippen molar-refractivity contribution in [1.29, 1.82) is 0 Å². The molecular weight excluding hydrogens is 314 g/mol. The highest BCUT2D eigenvalue weighted by Gasteiger charge is 2.31. The quantitative estimate of drug-likeness (QED) is 0.613. The van der Waals surface area contributed by atoms with Crippen LogP contribution in [0.15, 0.2) is 0 Å². The van der Waals surface area contributed by atoms with Crippen molar-refractivity contribution in [2.24, 2.45) is 17.8 Å². The lowest BCUT2D eigenvalue weighted by Crippen LogP contribution is -2.34. The zero-order valence-electron chi connectivity index (χ0n) is 14.7. The molecule has 1 saturated carbocycles. The second-order valence-corrected chi connectivity index (χ2v) is 7.57. The standard InChI is InChI=1S/C17H29NO6/c1-17(2,3)24-16(23)18-9-8-11-4-6-12(7-5-11)10-13(14(19)20)15(21)22/h11-13H,4-10H2,1-3H3,(H,18,23)(H,19,20)(H,21,22). The van der Waals surface area contributed by atoms with Crippen LogP contribution in [0.5, 0.6) is 0 Å². The molecule has 24 heavy (non-hydrogen) atoms. The van der Waals surface area contributed by atoms with Crippen LogP contribution in [0.1, 0.15) is 59.3 Å². The van der Waals surface area contributed by atoms with E-state index in [1.807, 2.05) is 20.8 Å². The molecule has 0 aliphatic heterocycles. The lowest BCUT2D eigenvalue weighted by Gasteiger charge is -2.29. The minimum absolute atomic E-state index is 0.150. The van der Waals surface area contributed by atoms with Crippen LogP contribution in [-0.4, -0.2) is 40.4 Å². The van der Waals surface area contributed by atoms with Gasteiger partial charge < -0.3 is 20.3 Å². The SMILES string of the molecule is CC(C)(C)OC(=O)NCCC1CCC(CC(C(=O)O)C(=O)O)CC1. The Morgan fingerprint density at radius 1 is 1.04 bits per heavy atom. The van der Waals surface area contributed by atoms with Crippen molar-refractivity contribution >= 4 is 18.0 Å². The van der Waals surface area contributed by atoms with Crippen LogP contribution >= 0.6 is 0 Å². The largest absolute Gasteiger partial charge is 0.481 e. The Hall–Kier alpha value is -1.79. The fourth-order valence-corrected chi connectivity index (χ4v) is 3.09. The molecule has 1 fully saturated rings. The predicted octanol–water partition coefficient (Wildman–Crippen LogP) is 2.88. The fourth-order valence-electron chi connectivity index (χ4n) is 3.09. The van der Waals surface area contributed by atoms with Crippen LogP contribution in [-0.2, 0) is 14.3 Å². The highest BCUT2D eigenvalue weighted by molar-refractivity contribution is 5.92. The summed E-state index contributed by atoms with van der Waals surface area (Å²) in [6.45, 7) is 6.00. The average molecular weight is 343 g/mol. The Labute approximate surface area is 142 Å². The van der Waals surface area contributed by atoms with E-state index in [4.69, 9.17) is 14.9 Å². The molecule has 3 N–H and O–H groups in total. The van der Waals surface area contributed by atoms with E-state index in [0.717, 1.165) is 32.1 Å². The molecule has 1 rings (SSSR count). The second-order valence-electron chi connectivity index (χ2n) is 7.57. The molecule has 0 saturated heterocycles. The van der Waals surface area contributed by atoms with Crippen molar-refractivity contribution in [3.05, 3.63) is 0 Å². The first-order valence-electron chi connectivity index (χ1n) is 8.51. The van der Waals surface area contributed by atoms with E-state index in [1.54, 1.807) is 0 Å². The highest BCUT2D eigenvalue weighted by Crippen LogP contribution is 2.34. The molecule has 1 amide bonds. The summed E-state index contributed by atoms with van der Waals surface area (Å²) in [7, 11) is 0. The van der Waals surface area contributed by atoms with Crippen LogP contribution in [0.25, 0.3) is 0 Å². The van der Waals surface area contributed by atoms with E-state index < -0.39 is 29.6 Å². The molecular formula is C17H29NO6. The molecule has 0 radical (unpaired) electrons. The van der Waals surface area contributed by atoms with E-state index in [0.29, 0.717) is 12.5 Å². The number of nitrogens with one attached hydrogen (secondary N) is 1. The number of ether oxygens (including phenoxy) is 1. The van der Waals surface area contributed by atoms with Gasteiger partial charge in [0, 0.05) is 6.54 Å². The molecule has 7 heteroatoms. The van der Waals surface area contributed by atoms with Gasteiger partial charge in [0.05, 0.1) is 0 Å². The summed E-state index contributed by atoms with van der Waals surface area (Å²) in [6, 6.07) is 0.